The minimum atomic E-state index is -0.737. The molecule has 8 rings (SSSR count). The highest BCUT2D eigenvalue weighted by Crippen LogP contribution is 2.38. The molecule has 280 valence electrons. The molecule has 3 N–H and O–H groups in total. The number of nitrogens with one attached hydrogen (secondary N) is 2. The molecule has 56 heavy (non-hydrogen) atoms. The Morgan fingerprint density at radius 1 is 0.500 bits per heavy atom. The van der Waals surface area contributed by atoms with Gasteiger partial charge in [0.15, 0.2) is 5.75 Å². The van der Waals surface area contributed by atoms with Crippen LogP contribution in [0.1, 0.15) is 78.0 Å². The van der Waals surface area contributed by atoms with Crippen LogP contribution in [0.25, 0.3) is 79.8 Å². The number of aromatic amines is 2. The van der Waals surface area contributed by atoms with Gasteiger partial charge in [-0.3, -0.25) is 4.79 Å². The van der Waals surface area contributed by atoms with E-state index in [2.05, 4.69) is 146 Å². The minimum Gasteiger partial charge on any atom is -0.489 e. The van der Waals surface area contributed by atoms with E-state index in [1.165, 1.54) is 16.7 Å². The zero-order valence-electron chi connectivity index (χ0n) is 32.2. The summed E-state index contributed by atoms with van der Waals surface area (Å²) in [5, 5.41) is 9.00. The molecule has 0 radical (unpaired) electrons. The van der Waals surface area contributed by atoms with E-state index in [1.807, 2.05) is 6.08 Å². The molecule has 5 heterocycles. The fourth-order valence-electron chi connectivity index (χ4n) is 7.49. The molecule has 8 bridgehead atoms. The molecule has 0 fully saturated rings. The van der Waals surface area contributed by atoms with E-state index < -0.39 is 5.97 Å². The van der Waals surface area contributed by atoms with Crippen LogP contribution in [-0.4, -0.2) is 37.6 Å². The highest BCUT2D eigenvalue weighted by atomic mass is 16.5. The zero-order valence-corrected chi connectivity index (χ0v) is 32.2. The first-order valence-electron chi connectivity index (χ1n) is 19.5. The van der Waals surface area contributed by atoms with E-state index in [1.54, 1.807) is 0 Å². The van der Waals surface area contributed by atoms with Gasteiger partial charge in [-0.2, -0.15) is 0 Å². The molecule has 2 aliphatic rings. The number of aryl methyl sites for hydroxylation is 3. The van der Waals surface area contributed by atoms with Gasteiger partial charge in [-0.05, 0) is 98.9 Å². The summed E-state index contributed by atoms with van der Waals surface area (Å²) in [6, 6.07) is 34.3. The first-order valence-corrected chi connectivity index (χ1v) is 19.5. The Labute approximate surface area is 327 Å². The van der Waals surface area contributed by atoms with E-state index in [9.17, 15) is 4.79 Å². The summed E-state index contributed by atoms with van der Waals surface area (Å²) in [4.78, 5) is 29.2. The number of fused-ring (bicyclic) bond motifs is 8. The van der Waals surface area contributed by atoms with Crippen LogP contribution in [0.2, 0.25) is 0 Å². The van der Waals surface area contributed by atoms with E-state index in [-0.39, 0.29) is 6.42 Å². The molecule has 0 aliphatic carbocycles. The lowest BCUT2D eigenvalue weighted by Crippen LogP contribution is -2.00. The summed E-state index contributed by atoms with van der Waals surface area (Å²) in [5.74, 6) is -0.0517. The molecule has 0 amide bonds. The van der Waals surface area contributed by atoms with Crippen LogP contribution in [0.4, 0.5) is 0 Å². The van der Waals surface area contributed by atoms with Crippen LogP contribution < -0.4 is 4.74 Å². The number of hydrogen-bond acceptors (Lipinski definition) is 4. The largest absolute Gasteiger partial charge is 0.489 e. The predicted octanol–water partition coefficient (Wildman–Crippen LogP) is 12.4. The van der Waals surface area contributed by atoms with Gasteiger partial charge in [-0.15, -0.1) is 0 Å². The van der Waals surface area contributed by atoms with Crippen molar-refractivity contribution in [2.45, 2.75) is 59.3 Å². The molecular weight excluding hydrogens is 693 g/mol. The Hall–Kier alpha value is -6.47. The molecule has 0 unspecified atom stereocenters. The molecule has 0 atom stereocenters. The summed E-state index contributed by atoms with van der Waals surface area (Å²) in [7, 11) is 0. The van der Waals surface area contributed by atoms with Crippen LogP contribution >= 0.6 is 0 Å². The van der Waals surface area contributed by atoms with Gasteiger partial charge >= 0.3 is 5.97 Å². The molecule has 0 saturated carbocycles. The number of carbonyl (C=O) groups is 1. The number of carboxylic acid groups (broad SMARTS) is 1. The third-order valence-corrected chi connectivity index (χ3v) is 10.5. The quantitative estimate of drug-likeness (QED) is 0.108. The van der Waals surface area contributed by atoms with Gasteiger partial charge in [0, 0.05) is 39.7 Å². The van der Waals surface area contributed by atoms with Crippen molar-refractivity contribution >= 4 is 52.3 Å². The third kappa shape index (κ3) is 7.85. The molecule has 6 aromatic rings. The summed E-state index contributed by atoms with van der Waals surface area (Å²) < 4.78 is 6.65. The number of unbranched alkanes of at least 4 members (excludes halogenated alkanes) is 4. The van der Waals surface area contributed by atoms with Crippen molar-refractivity contribution in [1.82, 2.24) is 19.9 Å². The smallest absolute Gasteiger partial charge is 0.303 e. The summed E-state index contributed by atoms with van der Waals surface area (Å²) in [6.45, 7) is 6.82. The van der Waals surface area contributed by atoms with Crippen LogP contribution in [0.3, 0.4) is 0 Å². The monoisotopic (exact) mass is 738 g/mol. The van der Waals surface area contributed by atoms with Gasteiger partial charge in [-0.25, -0.2) is 9.97 Å². The van der Waals surface area contributed by atoms with Crippen molar-refractivity contribution in [3.8, 4) is 39.1 Å². The maximum Gasteiger partial charge on any atom is 0.303 e. The van der Waals surface area contributed by atoms with Crippen LogP contribution in [0, 0.1) is 20.8 Å². The predicted molar refractivity (Wildman–Crippen MR) is 230 cm³/mol. The van der Waals surface area contributed by atoms with Crippen LogP contribution in [0.15, 0.2) is 97.1 Å². The first-order chi connectivity index (χ1) is 27.3. The van der Waals surface area contributed by atoms with Gasteiger partial charge in [0.2, 0.25) is 0 Å². The average molecular weight is 739 g/mol. The highest BCUT2D eigenvalue weighted by molar-refractivity contribution is 5.98. The van der Waals surface area contributed by atoms with Gasteiger partial charge in [0.1, 0.15) is 5.69 Å². The normalized spacial score (nSPS) is 12.0. The molecule has 0 spiro atoms. The molecular formula is C49H46N4O3. The SMILES string of the molecule is Cc1ccc(-c2c3nc(c(-c4ccc(C)cc4)c4ccc([nH]4)c(-c4ccc(C)cc4)c4nc(c(OCCCCCCCC(=O)O)c5ccc2[nH]5)C=C4)C=C3)cc1. The fraction of sp³-hybridized carbons (Fsp3) is 0.204. The molecule has 0 saturated heterocycles. The Kier molecular flexibility index (Phi) is 10.5. The minimum absolute atomic E-state index is 0.218. The van der Waals surface area contributed by atoms with E-state index >= 15 is 0 Å². The lowest BCUT2D eigenvalue weighted by molar-refractivity contribution is -0.137. The lowest BCUT2D eigenvalue weighted by atomic mass is 10.0. The number of aliphatic carboxylic acids is 1. The fourth-order valence-corrected chi connectivity index (χ4v) is 7.49. The van der Waals surface area contributed by atoms with Gasteiger partial charge in [0.25, 0.3) is 0 Å². The maximum absolute atomic E-state index is 10.9. The number of nitrogens with zero attached hydrogens (tertiary/aromatic N) is 2. The molecule has 7 heteroatoms. The Morgan fingerprint density at radius 3 is 1.34 bits per heavy atom. The van der Waals surface area contributed by atoms with E-state index in [4.69, 9.17) is 19.8 Å². The second-order valence-electron chi connectivity index (χ2n) is 14.8. The number of aromatic nitrogens is 4. The van der Waals surface area contributed by atoms with Gasteiger partial charge in [0.05, 0.1) is 29.2 Å². The standard InChI is InChI=1S/C49H46N4O3/c1-31-10-16-34(17-11-31)46-37-22-24-39(50-37)47(35-18-12-32(2)13-19-35)41-26-28-43(52-41)49(56-30-8-6-4-5-7-9-45(54)55)44-29-27-42(53-44)48(40-25-23-38(46)51-40)36-20-14-33(3)15-21-36/h10-29,50,53H,4-9,30H2,1-3H3,(H,54,55). The number of benzene rings is 3. The van der Waals surface area contributed by atoms with Crippen LogP contribution in [0.5, 0.6) is 5.75 Å². The van der Waals surface area contributed by atoms with E-state index in [0.29, 0.717) is 18.8 Å². The molecule has 7 nitrogen and oxygen atoms in total. The van der Waals surface area contributed by atoms with Crippen molar-refractivity contribution in [2.75, 3.05) is 6.61 Å². The number of H-pyrrole nitrogens is 2. The Balaban J connectivity index is 1.37. The number of rotatable bonds is 12. The zero-order chi connectivity index (χ0) is 38.6. The third-order valence-electron chi connectivity index (χ3n) is 10.5. The number of ether oxygens (including phenoxy) is 1. The second kappa shape index (κ2) is 16.1. The van der Waals surface area contributed by atoms with Crippen molar-refractivity contribution < 1.29 is 14.6 Å². The van der Waals surface area contributed by atoms with Gasteiger partial charge < -0.3 is 19.8 Å². The summed E-state index contributed by atoms with van der Waals surface area (Å²) >= 11 is 0. The summed E-state index contributed by atoms with van der Waals surface area (Å²) in [5.41, 5.74) is 16.8. The molecule has 3 aromatic heterocycles. The number of carboxylic acids is 1. The van der Waals surface area contributed by atoms with Crippen molar-refractivity contribution in [2.24, 2.45) is 0 Å². The molecule has 3 aromatic carbocycles. The maximum atomic E-state index is 10.9. The van der Waals surface area contributed by atoms with E-state index in [0.717, 1.165) is 104 Å². The lowest BCUT2D eigenvalue weighted by Gasteiger charge is -2.08. The number of hydrogen-bond donors (Lipinski definition) is 3. The van der Waals surface area contributed by atoms with Crippen molar-refractivity contribution in [3.05, 3.63) is 137 Å². The Morgan fingerprint density at radius 2 is 0.875 bits per heavy atom. The van der Waals surface area contributed by atoms with Crippen molar-refractivity contribution in [3.63, 3.8) is 0 Å². The average Bonchev–Trinajstić information content (AvgIpc) is 4.04. The topological polar surface area (TPSA) is 104 Å². The highest BCUT2D eigenvalue weighted by Gasteiger charge is 2.19. The summed E-state index contributed by atoms with van der Waals surface area (Å²) in [6.07, 6.45) is 13.0. The first kappa shape index (κ1) is 36.5. The Bertz CT molecular complexity index is 2580. The second-order valence-corrected chi connectivity index (χ2v) is 14.8. The van der Waals surface area contributed by atoms with Crippen LogP contribution in [-0.2, 0) is 4.79 Å². The van der Waals surface area contributed by atoms with Gasteiger partial charge in [-0.1, -0.05) is 109 Å². The molecule has 2 aliphatic heterocycles. The van der Waals surface area contributed by atoms with Crippen molar-refractivity contribution in [1.29, 1.82) is 0 Å².